The highest BCUT2D eigenvalue weighted by Crippen LogP contribution is 2.15. The summed E-state index contributed by atoms with van der Waals surface area (Å²) in [5.74, 6) is 7.70. The van der Waals surface area contributed by atoms with Gasteiger partial charge in [0.05, 0.1) is 13.2 Å². The van der Waals surface area contributed by atoms with Gasteiger partial charge in [-0.15, -0.1) is 0 Å². The Balaban J connectivity index is 1.78. The minimum absolute atomic E-state index is 0.134. The van der Waals surface area contributed by atoms with Crippen LogP contribution in [0.1, 0.15) is 16.7 Å². The third-order valence-electron chi connectivity index (χ3n) is 4.55. The molecule has 1 atom stereocenters. The van der Waals surface area contributed by atoms with Crippen LogP contribution in [0.2, 0.25) is 0 Å². The molecular formula is C25H25NO. The summed E-state index contributed by atoms with van der Waals surface area (Å²) in [5.41, 5.74) is 3.60. The Labute approximate surface area is 162 Å². The zero-order valence-electron chi connectivity index (χ0n) is 15.9. The minimum atomic E-state index is 0.134. The lowest BCUT2D eigenvalue weighted by Crippen LogP contribution is -2.32. The summed E-state index contributed by atoms with van der Waals surface area (Å²) in [6.07, 6.45) is 0.896. The molecule has 3 aromatic rings. The van der Waals surface area contributed by atoms with Crippen molar-refractivity contribution >= 4 is 0 Å². The number of benzene rings is 3. The Morgan fingerprint density at radius 3 is 2.07 bits per heavy atom. The van der Waals surface area contributed by atoms with E-state index in [4.69, 9.17) is 4.74 Å². The molecule has 0 aliphatic rings. The van der Waals surface area contributed by atoms with Crippen LogP contribution in [-0.2, 0) is 13.0 Å². The molecule has 3 rings (SSSR count). The maximum absolute atomic E-state index is 5.25. The number of hydrogen-bond acceptors (Lipinski definition) is 2. The molecule has 1 unspecified atom stereocenters. The van der Waals surface area contributed by atoms with Gasteiger partial charge in [0.2, 0.25) is 0 Å². The van der Waals surface area contributed by atoms with E-state index in [2.05, 4.69) is 78.4 Å². The number of ether oxygens (including phenoxy) is 1. The highest BCUT2D eigenvalue weighted by molar-refractivity contribution is 5.35. The lowest BCUT2D eigenvalue weighted by molar-refractivity contribution is 0.279. The van der Waals surface area contributed by atoms with Crippen molar-refractivity contribution < 1.29 is 4.74 Å². The first-order valence-corrected chi connectivity index (χ1v) is 9.18. The highest BCUT2D eigenvalue weighted by atomic mass is 16.5. The van der Waals surface area contributed by atoms with E-state index in [1.807, 2.05) is 30.3 Å². The van der Waals surface area contributed by atoms with Crippen molar-refractivity contribution in [2.24, 2.45) is 0 Å². The molecule has 2 heteroatoms. The van der Waals surface area contributed by atoms with Gasteiger partial charge in [-0.2, -0.15) is 0 Å². The molecule has 0 amide bonds. The van der Waals surface area contributed by atoms with Gasteiger partial charge in [-0.25, -0.2) is 0 Å². The Bertz CT molecular complexity index is 876. The van der Waals surface area contributed by atoms with E-state index in [0.29, 0.717) is 0 Å². The standard InChI is InChI=1S/C25H25NO/c1-26(20-23-14-17-25(27-2)18-15-23)24(19-22-11-7-4-8-12-22)16-13-21-9-5-3-6-10-21/h3-12,14-15,17-18,24H,19-20H2,1-2H3. The Hall–Kier alpha value is -3.02. The molecule has 0 saturated carbocycles. The summed E-state index contributed by atoms with van der Waals surface area (Å²) in [4.78, 5) is 2.31. The molecule has 0 fully saturated rings. The topological polar surface area (TPSA) is 12.5 Å². The number of nitrogens with zero attached hydrogens (tertiary/aromatic N) is 1. The predicted octanol–water partition coefficient (Wildman–Crippen LogP) is 4.79. The molecule has 0 radical (unpaired) electrons. The average molecular weight is 355 g/mol. The summed E-state index contributed by atoms with van der Waals surface area (Å²) in [6, 6.07) is 29.1. The van der Waals surface area contributed by atoms with Crippen LogP contribution < -0.4 is 4.74 Å². The van der Waals surface area contributed by atoms with Gasteiger partial charge in [0.1, 0.15) is 5.75 Å². The van der Waals surface area contributed by atoms with Crippen molar-refractivity contribution in [1.29, 1.82) is 0 Å². The second-order valence-corrected chi connectivity index (χ2v) is 6.60. The Morgan fingerprint density at radius 1 is 0.815 bits per heavy atom. The van der Waals surface area contributed by atoms with Gasteiger partial charge in [-0.3, -0.25) is 4.90 Å². The smallest absolute Gasteiger partial charge is 0.118 e. The molecule has 2 nitrogen and oxygen atoms in total. The van der Waals surface area contributed by atoms with E-state index >= 15 is 0 Å². The average Bonchev–Trinajstić information content (AvgIpc) is 2.73. The molecule has 0 saturated heterocycles. The van der Waals surface area contributed by atoms with Crippen LogP contribution in [-0.4, -0.2) is 25.1 Å². The zero-order chi connectivity index (χ0) is 18.9. The van der Waals surface area contributed by atoms with Crippen molar-refractivity contribution in [3.63, 3.8) is 0 Å². The van der Waals surface area contributed by atoms with E-state index in [1.54, 1.807) is 7.11 Å². The van der Waals surface area contributed by atoms with Gasteiger partial charge in [-0.1, -0.05) is 72.5 Å². The van der Waals surface area contributed by atoms with E-state index in [0.717, 1.165) is 24.3 Å². The first-order valence-electron chi connectivity index (χ1n) is 9.18. The van der Waals surface area contributed by atoms with Crippen molar-refractivity contribution in [2.45, 2.75) is 19.0 Å². The number of methoxy groups -OCH3 is 1. The largest absolute Gasteiger partial charge is 0.497 e. The second kappa shape index (κ2) is 9.62. The van der Waals surface area contributed by atoms with Crippen LogP contribution in [0.5, 0.6) is 5.75 Å². The van der Waals surface area contributed by atoms with E-state index in [1.165, 1.54) is 11.1 Å². The molecule has 0 aromatic heterocycles. The summed E-state index contributed by atoms with van der Waals surface area (Å²) in [6.45, 7) is 0.838. The normalized spacial score (nSPS) is 11.5. The Kier molecular flexibility index (Phi) is 6.68. The molecule has 3 aromatic carbocycles. The number of likely N-dealkylation sites (N-methyl/N-ethyl adjacent to an activating group) is 1. The van der Waals surface area contributed by atoms with Gasteiger partial charge < -0.3 is 4.74 Å². The maximum atomic E-state index is 5.25. The van der Waals surface area contributed by atoms with Gasteiger partial charge in [0.15, 0.2) is 0 Å². The van der Waals surface area contributed by atoms with Crippen molar-refractivity contribution in [3.8, 4) is 17.6 Å². The molecule has 0 bridgehead atoms. The third kappa shape index (κ3) is 5.74. The zero-order valence-corrected chi connectivity index (χ0v) is 15.9. The fraction of sp³-hybridized carbons (Fsp3) is 0.200. The lowest BCUT2D eigenvalue weighted by Gasteiger charge is -2.24. The van der Waals surface area contributed by atoms with Crippen LogP contribution >= 0.6 is 0 Å². The SMILES string of the molecule is COc1ccc(CN(C)C(C#Cc2ccccc2)Cc2ccccc2)cc1. The summed E-state index contributed by atoms with van der Waals surface area (Å²) >= 11 is 0. The van der Waals surface area contributed by atoms with Gasteiger partial charge in [-0.05, 0) is 48.9 Å². The molecule has 27 heavy (non-hydrogen) atoms. The van der Waals surface area contributed by atoms with Crippen LogP contribution in [0.15, 0.2) is 84.9 Å². The monoisotopic (exact) mass is 355 g/mol. The molecule has 0 aliphatic carbocycles. The van der Waals surface area contributed by atoms with Crippen LogP contribution in [0.25, 0.3) is 0 Å². The van der Waals surface area contributed by atoms with Crippen molar-refractivity contribution in [2.75, 3.05) is 14.2 Å². The first-order chi connectivity index (χ1) is 13.2. The van der Waals surface area contributed by atoms with Crippen LogP contribution in [0, 0.1) is 11.8 Å². The van der Waals surface area contributed by atoms with Crippen LogP contribution in [0.3, 0.4) is 0 Å². The van der Waals surface area contributed by atoms with Gasteiger partial charge >= 0.3 is 0 Å². The third-order valence-corrected chi connectivity index (χ3v) is 4.55. The van der Waals surface area contributed by atoms with Crippen molar-refractivity contribution in [3.05, 3.63) is 102 Å². The quantitative estimate of drug-likeness (QED) is 0.590. The predicted molar refractivity (Wildman–Crippen MR) is 112 cm³/mol. The van der Waals surface area contributed by atoms with E-state index in [-0.39, 0.29) is 6.04 Å². The first kappa shape index (κ1) is 18.8. The van der Waals surface area contributed by atoms with E-state index < -0.39 is 0 Å². The highest BCUT2D eigenvalue weighted by Gasteiger charge is 2.13. The molecule has 0 N–H and O–H groups in total. The van der Waals surface area contributed by atoms with Crippen molar-refractivity contribution in [1.82, 2.24) is 4.90 Å². The summed E-state index contributed by atoms with van der Waals surface area (Å²) in [5, 5.41) is 0. The minimum Gasteiger partial charge on any atom is -0.497 e. The molecule has 0 aliphatic heterocycles. The second-order valence-electron chi connectivity index (χ2n) is 6.60. The molecule has 0 heterocycles. The Morgan fingerprint density at radius 2 is 1.44 bits per heavy atom. The van der Waals surface area contributed by atoms with E-state index in [9.17, 15) is 0 Å². The number of hydrogen-bond donors (Lipinski definition) is 0. The van der Waals surface area contributed by atoms with Gasteiger partial charge in [0.25, 0.3) is 0 Å². The van der Waals surface area contributed by atoms with Gasteiger partial charge in [0, 0.05) is 12.1 Å². The lowest BCUT2D eigenvalue weighted by atomic mass is 10.0. The summed E-state index contributed by atoms with van der Waals surface area (Å²) in [7, 11) is 3.83. The molecular weight excluding hydrogens is 330 g/mol. The maximum Gasteiger partial charge on any atom is 0.118 e. The summed E-state index contributed by atoms with van der Waals surface area (Å²) < 4.78 is 5.25. The fourth-order valence-electron chi connectivity index (χ4n) is 2.97. The van der Waals surface area contributed by atoms with Crippen LogP contribution in [0.4, 0.5) is 0 Å². The molecule has 136 valence electrons. The molecule has 0 spiro atoms. The fourth-order valence-corrected chi connectivity index (χ4v) is 2.97. The number of rotatable bonds is 6.